The Morgan fingerprint density at radius 2 is 1.33 bits per heavy atom. The lowest BCUT2D eigenvalue weighted by Gasteiger charge is -2.13. The maximum absolute atomic E-state index is 15.0. The van der Waals surface area contributed by atoms with Crippen LogP contribution in [0.2, 0.25) is 0 Å². The average Bonchev–Trinajstić information content (AvgIpc) is 2.81. The quantitative estimate of drug-likeness (QED) is 0.179. The van der Waals surface area contributed by atoms with Gasteiger partial charge in [0.05, 0.1) is 5.56 Å². The molecule has 4 rings (SSSR count). The zero-order valence-electron chi connectivity index (χ0n) is 19.2. The molecule has 0 atom stereocenters. The van der Waals surface area contributed by atoms with Crippen molar-refractivity contribution in [3.8, 4) is 28.0 Å². The molecule has 0 radical (unpaired) electrons. The summed E-state index contributed by atoms with van der Waals surface area (Å²) in [5.74, 6) is -6.54. The summed E-state index contributed by atoms with van der Waals surface area (Å²) in [4.78, 5) is 0. The van der Waals surface area contributed by atoms with E-state index in [1.54, 1.807) is 12.1 Å². The summed E-state index contributed by atoms with van der Waals surface area (Å²) in [6, 6.07) is 13.6. The Morgan fingerprint density at radius 3 is 1.94 bits per heavy atom. The Hall–Kier alpha value is -3.55. The number of alkyl halides is 3. The van der Waals surface area contributed by atoms with Crippen LogP contribution in [0.15, 0.2) is 60.7 Å². The third kappa shape index (κ3) is 5.48. The van der Waals surface area contributed by atoms with Gasteiger partial charge in [0, 0.05) is 5.39 Å². The van der Waals surface area contributed by atoms with E-state index in [9.17, 15) is 22.0 Å². The van der Waals surface area contributed by atoms with Crippen molar-refractivity contribution < 1.29 is 35.5 Å². The van der Waals surface area contributed by atoms with Crippen LogP contribution in [-0.4, -0.2) is 6.36 Å². The molecule has 0 N–H and O–H groups in total. The molecule has 0 spiro atoms. The van der Waals surface area contributed by atoms with Crippen LogP contribution in [0.4, 0.5) is 30.7 Å². The average molecular weight is 506 g/mol. The lowest BCUT2D eigenvalue weighted by atomic mass is 9.96. The highest BCUT2D eigenvalue weighted by atomic mass is 19.4. The van der Waals surface area contributed by atoms with Crippen LogP contribution in [0, 0.1) is 23.3 Å². The van der Waals surface area contributed by atoms with E-state index in [4.69, 9.17) is 0 Å². The molecular weight excluding hydrogens is 485 g/mol. The third-order valence-electron chi connectivity index (χ3n) is 5.89. The van der Waals surface area contributed by atoms with Gasteiger partial charge in [-0.15, -0.1) is 13.2 Å². The first-order chi connectivity index (χ1) is 17.1. The molecule has 0 aliphatic carbocycles. The summed E-state index contributed by atoms with van der Waals surface area (Å²) in [5, 5.41) is -0.575. The first-order valence-electron chi connectivity index (χ1n) is 11.3. The standard InChI is InChI=1S/C28H21F7O/c1-2-3-4-5-16-6-8-17(9-7-16)19-13-22(29)25(23(30)14-19)18-10-11-21-20(12-18)15-24(31)27(26(21)32)36-28(33,34)35/h6-15H,2-5H2,1H3. The van der Waals surface area contributed by atoms with Crippen molar-refractivity contribution >= 4 is 10.8 Å². The maximum Gasteiger partial charge on any atom is 0.573 e. The number of fused-ring (bicyclic) bond motifs is 1. The molecule has 0 aliphatic rings. The number of hydrogen-bond acceptors (Lipinski definition) is 1. The molecule has 36 heavy (non-hydrogen) atoms. The predicted octanol–water partition coefficient (Wildman–Crippen LogP) is 9.36. The first kappa shape index (κ1) is 25.5. The number of benzene rings is 4. The van der Waals surface area contributed by atoms with Crippen molar-refractivity contribution in [3.05, 3.63) is 89.5 Å². The summed E-state index contributed by atoms with van der Waals surface area (Å²) < 4.78 is 99.6. The van der Waals surface area contributed by atoms with E-state index in [0.29, 0.717) is 17.2 Å². The van der Waals surface area contributed by atoms with Crippen LogP contribution in [0.5, 0.6) is 5.75 Å². The zero-order chi connectivity index (χ0) is 26.0. The van der Waals surface area contributed by atoms with Gasteiger partial charge in [0.1, 0.15) is 11.6 Å². The van der Waals surface area contributed by atoms with E-state index in [1.807, 2.05) is 12.1 Å². The lowest BCUT2D eigenvalue weighted by molar-refractivity contribution is -0.276. The highest BCUT2D eigenvalue weighted by molar-refractivity contribution is 5.89. The molecule has 0 fully saturated rings. The number of rotatable bonds is 7. The molecule has 8 heteroatoms. The first-order valence-corrected chi connectivity index (χ1v) is 11.3. The van der Waals surface area contributed by atoms with E-state index in [-0.39, 0.29) is 10.9 Å². The Labute approximate surface area is 203 Å². The van der Waals surface area contributed by atoms with Gasteiger partial charge in [-0.05, 0) is 64.7 Å². The Bertz CT molecular complexity index is 1370. The predicted molar refractivity (Wildman–Crippen MR) is 125 cm³/mol. The van der Waals surface area contributed by atoms with Crippen molar-refractivity contribution in [2.24, 2.45) is 0 Å². The van der Waals surface area contributed by atoms with E-state index in [1.165, 1.54) is 0 Å². The minimum Gasteiger partial charge on any atom is -0.399 e. The van der Waals surface area contributed by atoms with Crippen LogP contribution in [0.3, 0.4) is 0 Å². The van der Waals surface area contributed by atoms with Gasteiger partial charge in [0.15, 0.2) is 11.6 Å². The highest BCUT2D eigenvalue weighted by Gasteiger charge is 2.34. The van der Waals surface area contributed by atoms with Crippen LogP contribution < -0.4 is 4.74 Å². The lowest BCUT2D eigenvalue weighted by Crippen LogP contribution is -2.19. The van der Waals surface area contributed by atoms with Gasteiger partial charge in [-0.3, -0.25) is 0 Å². The number of halogens is 7. The summed E-state index contributed by atoms with van der Waals surface area (Å²) in [7, 11) is 0. The van der Waals surface area contributed by atoms with E-state index >= 15 is 8.78 Å². The SMILES string of the molecule is CCCCCc1ccc(-c2cc(F)c(-c3ccc4c(F)c(OC(F)(F)F)c(F)cc4c3)c(F)c2)cc1. The van der Waals surface area contributed by atoms with Crippen LogP contribution in [0.25, 0.3) is 33.0 Å². The molecule has 1 nitrogen and oxygen atoms in total. The van der Waals surface area contributed by atoms with Crippen molar-refractivity contribution in [1.29, 1.82) is 0 Å². The molecule has 0 saturated heterocycles. The van der Waals surface area contributed by atoms with Crippen molar-refractivity contribution in [2.45, 2.75) is 39.0 Å². The van der Waals surface area contributed by atoms with Gasteiger partial charge >= 0.3 is 6.36 Å². The molecule has 0 bridgehead atoms. The minimum absolute atomic E-state index is 0.0291. The Morgan fingerprint density at radius 1 is 0.694 bits per heavy atom. The molecule has 0 unspecified atom stereocenters. The van der Waals surface area contributed by atoms with Gasteiger partial charge in [-0.1, -0.05) is 56.2 Å². The van der Waals surface area contributed by atoms with Crippen LogP contribution >= 0.6 is 0 Å². The number of ether oxygens (including phenoxy) is 1. The molecule has 0 heterocycles. The van der Waals surface area contributed by atoms with Gasteiger partial charge in [-0.2, -0.15) is 0 Å². The second kappa shape index (κ2) is 10.2. The van der Waals surface area contributed by atoms with E-state index < -0.39 is 46.3 Å². The van der Waals surface area contributed by atoms with Gasteiger partial charge in [0.2, 0.25) is 5.75 Å². The highest BCUT2D eigenvalue weighted by Crippen LogP contribution is 2.37. The summed E-state index contributed by atoms with van der Waals surface area (Å²) in [6.07, 6.45) is -1.08. The molecule has 4 aromatic rings. The Kier molecular flexibility index (Phi) is 7.24. The second-order valence-electron chi connectivity index (χ2n) is 8.45. The molecular formula is C28H21F7O. The molecule has 0 aromatic heterocycles. The maximum atomic E-state index is 15.0. The van der Waals surface area contributed by atoms with Crippen LogP contribution in [-0.2, 0) is 6.42 Å². The molecule has 188 valence electrons. The summed E-state index contributed by atoms with van der Waals surface area (Å²) in [5.41, 5.74) is 1.62. The molecule has 0 amide bonds. The van der Waals surface area contributed by atoms with Crippen LogP contribution in [0.1, 0.15) is 31.7 Å². The minimum atomic E-state index is -5.29. The van der Waals surface area contributed by atoms with Gasteiger partial charge < -0.3 is 4.74 Å². The molecule has 4 aromatic carbocycles. The smallest absolute Gasteiger partial charge is 0.399 e. The number of hydrogen-bond donors (Lipinski definition) is 0. The van der Waals surface area contributed by atoms with Crippen molar-refractivity contribution in [3.63, 3.8) is 0 Å². The van der Waals surface area contributed by atoms with Gasteiger partial charge in [0.25, 0.3) is 0 Å². The monoisotopic (exact) mass is 506 g/mol. The molecule has 0 aliphatic heterocycles. The fourth-order valence-electron chi connectivity index (χ4n) is 4.13. The number of unbranched alkanes of at least 4 members (excludes halogenated alkanes) is 2. The van der Waals surface area contributed by atoms with E-state index in [2.05, 4.69) is 11.7 Å². The Balaban J connectivity index is 1.67. The third-order valence-corrected chi connectivity index (χ3v) is 5.89. The van der Waals surface area contributed by atoms with E-state index in [0.717, 1.165) is 61.6 Å². The second-order valence-corrected chi connectivity index (χ2v) is 8.45. The summed E-state index contributed by atoms with van der Waals surface area (Å²) >= 11 is 0. The van der Waals surface area contributed by atoms with Gasteiger partial charge in [-0.25, -0.2) is 17.6 Å². The fourth-order valence-corrected chi connectivity index (χ4v) is 4.13. The molecule has 0 saturated carbocycles. The number of aryl methyl sites for hydroxylation is 1. The van der Waals surface area contributed by atoms with Crippen molar-refractivity contribution in [1.82, 2.24) is 0 Å². The summed E-state index contributed by atoms with van der Waals surface area (Å²) in [6.45, 7) is 2.12. The normalized spacial score (nSPS) is 11.8. The largest absolute Gasteiger partial charge is 0.573 e. The zero-order valence-corrected chi connectivity index (χ0v) is 19.2. The topological polar surface area (TPSA) is 9.23 Å². The van der Waals surface area contributed by atoms with Crippen molar-refractivity contribution in [2.75, 3.05) is 0 Å². The fraction of sp³-hybridized carbons (Fsp3) is 0.214.